The zero-order valence-corrected chi connectivity index (χ0v) is 13.9. The van der Waals surface area contributed by atoms with Crippen LogP contribution in [0.5, 0.6) is 0 Å². The molecule has 6 nitrogen and oxygen atoms in total. The zero-order chi connectivity index (χ0) is 18.8. The lowest BCUT2D eigenvalue weighted by molar-refractivity contribution is -0.152. The van der Waals surface area contributed by atoms with Crippen LogP contribution in [0.2, 0.25) is 0 Å². The molecule has 0 bridgehead atoms. The molecule has 0 radical (unpaired) electrons. The summed E-state index contributed by atoms with van der Waals surface area (Å²) in [5.41, 5.74) is -0.530. The smallest absolute Gasteiger partial charge is 0.326 e. The number of rotatable bonds is 5. The number of hydrogen-bond donors (Lipinski definition) is 0. The van der Waals surface area contributed by atoms with Crippen molar-refractivity contribution in [3.63, 3.8) is 0 Å². The molecule has 2 amide bonds. The lowest BCUT2D eigenvalue weighted by Crippen LogP contribution is -2.37. The number of halogens is 2. The lowest BCUT2D eigenvalue weighted by atomic mass is 9.81. The van der Waals surface area contributed by atoms with Crippen LogP contribution in [0, 0.1) is 23.5 Å². The Kier molecular flexibility index (Phi) is 5.11. The number of likely N-dealkylation sites (tertiary alicyclic amines) is 1. The number of imide groups is 1. The van der Waals surface area contributed by atoms with Gasteiger partial charge in [-0.2, -0.15) is 0 Å². The van der Waals surface area contributed by atoms with Crippen LogP contribution < -0.4 is 0 Å². The molecule has 1 saturated carbocycles. The molecule has 1 aromatic carbocycles. The third kappa shape index (κ3) is 3.49. The van der Waals surface area contributed by atoms with Crippen molar-refractivity contribution in [2.24, 2.45) is 11.8 Å². The van der Waals surface area contributed by atoms with Crippen LogP contribution in [-0.2, 0) is 19.1 Å². The van der Waals surface area contributed by atoms with E-state index in [0.717, 1.165) is 29.9 Å². The van der Waals surface area contributed by atoms with Gasteiger partial charge >= 0.3 is 5.97 Å². The third-order valence-corrected chi connectivity index (χ3v) is 4.81. The summed E-state index contributed by atoms with van der Waals surface area (Å²) < 4.78 is 31.4. The van der Waals surface area contributed by atoms with E-state index in [2.05, 4.69) is 0 Å². The molecule has 138 valence electrons. The second kappa shape index (κ2) is 7.31. The maximum atomic E-state index is 13.5. The average Bonchev–Trinajstić information content (AvgIpc) is 2.87. The molecule has 2 unspecified atom stereocenters. The van der Waals surface area contributed by atoms with Gasteiger partial charge in [0.25, 0.3) is 0 Å². The van der Waals surface area contributed by atoms with Crippen LogP contribution in [0.1, 0.15) is 36.0 Å². The first kappa shape index (κ1) is 18.2. The zero-order valence-electron chi connectivity index (χ0n) is 13.9. The number of hydrogen-bond acceptors (Lipinski definition) is 5. The van der Waals surface area contributed by atoms with E-state index >= 15 is 0 Å². The number of benzene rings is 1. The summed E-state index contributed by atoms with van der Waals surface area (Å²) in [5, 5.41) is 0. The van der Waals surface area contributed by atoms with Crippen LogP contribution in [-0.4, -0.2) is 41.6 Å². The fraction of sp³-hybridized carbons (Fsp3) is 0.444. The first-order valence-electron chi connectivity index (χ1n) is 8.37. The molecule has 26 heavy (non-hydrogen) atoms. The Morgan fingerprint density at radius 2 is 1.69 bits per heavy atom. The topological polar surface area (TPSA) is 80.8 Å². The monoisotopic (exact) mass is 365 g/mol. The highest BCUT2D eigenvalue weighted by molar-refractivity contribution is 6.07. The molecular weight excluding hydrogens is 348 g/mol. The van der Waals surface area contributed by atoms with Crippen molar-refractivity contribution in [2.45, 2.75) is 25.7 Å². The molecule has 0 N–H and O–H groups in total. The molecule has 2 atom stereocenters. The Labute approximate surface area is 148 Å². The number of amides is 2. The minimum Gasteiger partial charge on any atom is -0.456 e. The minimum atomic E-state index is -0.949. The summed E-state index contributed by atoms with van der Waals surface area (Å²) in [6.07, 6.45) is 2.98. The number of nitrogens with zero attached hydrogens (tertiary/aromatic N) is 1. The van der Waals surface area contributed by atoms with Crippen LogP contribution >= 0.6 is 0 Å². The molecule has 1 heterocycles. The van der Waals surface area contributed by atoms with Crippen molar-refractivity contribution in [3.05, 3.63) is 35.4 Å². The highest BCUT2D eigenvalue weighted by Crippen LogP contribution is 2.37. The quantitative estimate of drug-likeness (QED) is 0.452. The predicted molar refractivity (Wildman–Crippen MR) is 83.8 cm³/mol. The summed E-state index contributed by atoms with van der Waals surface area (Å²) in [6.45, 7) is -1.38. The van der Waals surface area contributed by atoms with Gasteiger partial charge in [-0.15, -0.1) is 0 Å². The van der Waals surface area contributed by atoms with Gasteiger partial charge in [-0.05, 0) is 31.0 Å². The van der Waals surface area contributed by atoms with Crippen LogP contribution in [0.4, 0.5) is 8.78 Å². The number of fused-ring (bicyclic) bond motifs is 1. The van der Waals surface area contributed by atoms with E-state index in [1.54, 1.807) is 0 Å². The maximum Gasteiger partial charge on any atom is 0.326 e. The van der Waals surface area contributed by atoms with Crippen molar-refractivity contribution in [2.75, 3.05) is 13.2 Å². The molecule has 2 fully saturated rings. The van der Waals surface area contributed by atoms with Gasteiger partial charge in [0.2, 0.25) is 17.6 Å². The van der Waals surface area contributed by atoms with Crippen molar-refractivity contribution < 1.29 is 32.7 Å². The molecule has 0 aromatic heterocycles. The van der Waals surface area contributed by atoms with E-state index in [1.807, 2.05) is 0 Å². The number of Topliss-reactive ketones (excluding diaryl/α,β-unsaturated/α-hetero) is 1. The van der Waals surface area contributed by atoms with Gasteiger partial charge < -0.3 is 4.74 Å². The normalized spacial score (nSPS) is 22.3. The van der Waals surface area contributed by atoms with Crippen molar-refractivity contribution in [1.82, 2.24) is 4.90 Å². The average molecular weight is 365 g/mol. The molecule has 1 aliphatic carbocycles. The summed E-state index contributed by atoms with van der Waals surface area (Å²) in [5.74, 6) is -5.13. The first-order valence-corrected chi connectivity index (χ1v) is 8.37. The summed E-state index contributed by atoms with van der Waals surface area (Å²) in [7, 11) is 0. The summed E-state index contributed by atoms with van der Waals surface area (Å²) >= 11 is 0. The Hall–Kier alpha value is -2.64. The Bertz CT molecular complexity index is 755. The fourth-order valence-electron chi connectivity index (χ4n) is 3.50. The second-order valence-corrected chi connectivity index (χ2v) is 6.47. The number of carbonyl (C=O) groups excluding carboxylic acids is 4. The van der Waals surface area contributed by atoms with Gasteiger partial charge in [-0.1, -0.05) is 12.8 Å². The van der Waals surface area contributed by atoms with E-state index in [4.69, 9.17) is 4.74 Å². The van der Waals surface area contributed by atoms with E-state index in [0.29, 0.717) is 18.9 Å². The van der Waals surface area contributed by atoms with Gasteiger partial charge in [0, 0.05) is 0 Å². The highest BCUT2D eigenvalue weighted by Gasteiger charge is 2.48. The second-order valence-electron chi connectivity index (χ2n) is 6.47. The Morgan fingerprint density at radius 1 is 1.08 bits per heavy atom. The summed E-state index contributed by atoms with van der Waals surface area (Å²) in [4.78, 5) is 49.2. The van der Waals surface area contributed by atoms with Crippen molar-refractivity contribution >= 4 is 23.6 Å². The van der Waals surface area contributed by atoms with Gasteiger partial charge in [-0.3, -0.25) is 24.1 Å². The molecule has 1 saturated heterocycles. The SMILES string of the molecule is O=C(CN1C(=O)C2CCCCC2C1=O)OCC(=O)c1cc(F)ccc1F. The first-order chi connectivity index (χ1) is 12.4. The largest absolute Gasteiger partial charge is 0.456 e. The molecule has 2 aliphatic rings. The van der Waals surface area contributed by atoms with Crippen LogP contribution in [0.15, 0.2) is 18.2 Å². The Morgan fingerprint density at radius 3 is 2.31 bits per heavy atom. The molecular formula is C18H17F2NO5. The maximum absolute atomic E-state index is 13.5. The van der Waals surface area contributed by atoms with E-state index in [1.165, 1.54) is 0 Å². The molecule has 8 heteroatoms. The number of ether oxygens (including phenoxy) is 1. The van der Waals surface area contributed by atoms with Crippen LogP contribution in [0.25, 0.3) is 0 Å². The minimum absolute atomic E-state index is 0.382. The molecule has 1 aliphatic heterocycles. The number of carbonyl (C=O) groups is 4. The Balaban J connectivity index is 1.57. The van der Waals surface area contributed by atoms with Gasteiger partial charge in [-0.25, -0.2) is 8.78 Å². The molecule has 1 aromatic rings. The predicted octanol–water partition coefficient (Wildman–Crippen LogP) is 1.87. The number of ketones is 1. The molecule has 3 rings (SSSR count). The van der Waals surface area contributed by atoms with Crippen molar-refractivity contribution in [1.29, 1.82) is 0 Å². The van der Waals surface area contributed by atoms with Gasteiger partial charge in [0.05, 0.1) is 17.4 Å². The fourth-order valence-corrected chi connectivity index (χ4v) is 3.50. The van der Waals surface area contributed by atoms with E-state index in [-0.39, 0.29) is 23.7 Å². The van der Waals surface area contributed by atoms with Gasteiger partial charge in [0.1, 0.15) is 18.2 Å². The van der Waals surface area contributed by atoms with E-state index in [9.17, 15) is 28.0 Å². The highest BCUT2D eigenvalue weighted by atomic mass is 19.1. The lowest BCUT2D eigenvalue weighted by Gasteiger charge is -2.19. The molecule has 0 spiro atoms. The van der Waals surface area contributed by atoms with E-state index < -0.39 is 42.1 Å². The van der Waals surface area contributed by atoms with Gasteiger partial charge in [0.15, 0.2) is 6.61 Å². The van der Waals surface area contributed by atoms with Crippen LogP contribution in [0.3, 0.4) is 0 Å². The van der Waals surface area contributed by atoms with Crippen molar-refractivity contribution in [3.8, 4) is 0 Å². The number of esters is 1. The third-order valence-electron chi connectivity index (χ3n) is 4.81. The standard InChI is InChI=1S/C18H17F2NO5/c19-10-5-6-14(20)13(7-10)15(22)9-26-16(23)8-21-17(24)11-3-1-2-4-12(11)18(21)25/h5-7,11-12H,1-4,8-9H2. The summed E-state index contributed by atoms with van der Waals surface area (Å²) in [6, 6.07) is 2.37.